The summed E-state index contributed by atoms with van der Waals surface area (Å²) in [6, 6.07) is 33.9. The average molecular weight is 1110 g/mol. The van der Waals surface area contributed by atoms with Crippen LogP contribution in [0.25, 0.3) is 0 Å². The van der Waals surface area contributed by atoms with Crippen molar-refractivity contribution in [2.45, 2.75) is 274 Å². The standard InChI is InChI=1S/C74H106N8/c1-65(2,3)45-31-33-51-53(35-45)81(49-41-59(71(19,20)21)77-60(42-49)72(22,23)24)63(79(51)47-37-55(67(7,8)9)75-56(38-47)68(10,11)12)64-80(48-39-57(69(13,14)15)76-58(40-48)70(16,17)18)52-34-32-46(66(4,5)6)36-54(52)82(64)50-43-61(73(25,26)27)78-62(44-50)74(28,29)30/h31-44,63-64H,1-30H3. The van der Waals surface area contributed by atoms with Gasteiger partial charge in [0, 0.05) is 112 Å². The maximum absolute atomic E-state index is 5.57. The highest BCUT2D eigenvalue weighted by molar-refractivity contribution is 5.95. The third-order valence-electron chi connectivity index (χ3n) is 16.5. The predicted molar refractivity (Wildman–Crippen MR) is 353 cm³/mol. The van der Waals surface area contributed by atoms with Crippen molar-refractivity contribution in [3.8, 4) is 0 Å². The Labute approximate surface area is 498 Å². The van der Waals surface area contributed by atoms with Gasteiger partial charge in [-0.3, -0.25) is 19.9 Å². The molecule has 2 aromatic carbocycles. The van der Waals surface area contributed by atoms with E-state index in [0.29, 0.717) is 0 Å². The third-order valence-corrected chi connectivity index (χ3v) is 16.5. The van der Waals surface area contributed by atoms with Crippen LogP contribution in [0, 0.1) is 0 Å². The van der Waals surface area contributed by atoms with Crippen LogP contribution in [0.1, 0.15) is 264 Å². The molecule has 8 nitrogen and oxygen atoms in total. The van der Waals surface area contributed by atoms with Crippen LogP contribution in [0.4, 0.5) is 45.5 Å². The number of benzene rings is 2. The second-order valence-electron chi connectivity index (χ2n) is 34.6. The fourth-order valence-electron chi connectivity index (χ4n) is 11.0. The Hall–Kier alpha value is -5.76. The lowest BCUT2D eigenvalue weighted by Gasteiger charge is -2.45. The fraction of sp³-hybridized carbons (Fsp3) is 0.568. The minimum Gasteiger partial charge on any atom is -0.314 e. The second kappa shape index (κ2) is 19.9. The molecule has 0 saturated heterocycles. The Kier molecular flexibility index (Phi) is 15.1. The van der Waals surface area contributed by atoms with Crippen LogP contribution in [0.3, 0.4) is 0 Å². The fourth-order valence-corrected chi connectivity index (χ4v) is 11.0. The first-order valence-corrected chi connectivity index (χ1v) is 30.5. The predicted octanol–water partition coefficient (Wildman–Crippen LogP) is 20.2. The Morgan fingerprint density at radius 1 is 0.220 bits per heavy atom. The van der Waals surface area contributed by atoms with Gasteiger partial charge in [-0.1, -0.05) is 220 Å². The van der Waals surface area contributed by atoms with Crippen molar-refractivity contribution >= 4 is 45.5 Å². The van der Waals surface area contributed by atoms with Crippen molar-refractivity contribution in [3.63, 3.8) is 0 Å². The zero-order valence-corrected chi connectivity index (χ0v) is 56.8. The summed E-state index contributed by atoms with van der Waals surface area (Å²) in [5.41, 5.74) is 17.7. The second-order valence-corrected chi connectivity index (χ2v) is 34.6. The van der Waals surface area contributed by atoms with E-state index in [2.05, 4.69) is 312 Å². The molecule has 0 aliphatic carbocycles. The van der Waals surface area contributed by atoms with Crippen LogP contribution < -0.4 is 19.6 Å². The monoisotopic (exact) mass is 1110 g/mol. The summed E-state index contributed by atoms with van der Waals surface area (Å²) < 4.78 is 0. The number of hydrogen-bond donors (Lipinski definition) is 0. The van der Waals surface area contributed by atoms with Gasteiger partial charge < -0.3 is 19.6 Å². The molecule has 0 saturated carbocycles. The average Bonchev–Trinajstić information content (AvgIpc) is 1.75. The summed E-state index contributed by atoms with van der Waals surface area (Å²) >= 11 is 0. The van der Waals surface area contributed by atoms with Gasteiger partial charge in [-0.2, -0.15) is 0 Å². The molecule has 2 unspecified atom stereocenters. The van der Waals surface area contributed by atoms with Gasteiger partial charge >= 0.3 is 0 Å². The van der Waals surface area contributed by atoms with Crippen LogP contribution in [0.5, 0.6) is 0 Å². The van der Waals surface area contributed by atoms with E-state index < -0.39 is 12.3 Å². The maximum atomic E-state index is 5.57. The Balaban J connectivity index is 1.69. The van der Waals surface area contributed by atoms with Gasteiger partial charge in [0.25, 0.3) is 0 Å². The Morgan fingerprint density at radius 3 is 0.549 bits per heavy atom. The van der Waals surface area contributed by atoms with Crippen molar-refractivity contribution in [3.05, 3.63) is 142 Å². The third kappa shape index (κ3) is 12.3. The molecule has 82 heavy (non-hydrogen) atoms. The Bertz CT molecular complexity index is 3020. The smallest absolute Gasteiger partial charge is 0.151 e. The molecular weight excluding hydrogens is 1000 g/mol. The molecule has 0 N–H and O–H groups in total. The Morgan fingerprint density at radius 2 is 0.390 bits per heavy atom. The summed E-state index contributed by atoms with van der Waals surface area (Å²) in [5.74, 6) is 0. The molecule has 0 amide bonds. The molecule has 2 atom stereocenters. The molecule has 4 aromatic heterocycles. The number of aromatic nitrogens is 4. The summed E-state index contributed by atoms with van der Waals surface area (Å²) in [5, 5.41) is 0. The molecule has 8 heteroatoms. The molecule has 0 fully saturated rings. The molecule has 0 radical (unpaired) electrons. The SMILES string of the molecule is CC(C)(C)c1ccc2c(c1)N(c1cc(C(C)(C)C)nc(C(C)(C)C)c1)C(C1N(c3cc(C(C)(C)C)nc(C(C)(C)C)c3)c3ccc(C(C)(C)C)cc3N1c1cc(C(C)(C)C)nc(C(C)(C)C)c1)N2c1cc(C(C)(C)C)nc(C(C)(C)C)c1. The minimum absolute atomic E-state index is 0.150. The lowest BCUT2D eigenvalue weighted by molar-refractivity contribution is 0.516. The van der Waals surface area contributed by atoms with Crippen molar-refractivity contribution in [1.29, 1.82) is 0 Å². The van der Waals surface area contributed by atoms with Gasteiger partial charge in [0.1, 0.15) is 0 Å². The number of anilines is 8. The van der Waals surface area contributed by atoms with Crippen LogP contribution in [0.15, 0.2) is 84.9 Å². The summed E-state index contributed by atoms with van der Waals surface area (Å²) in [6.45, 7) is 69.4. The van der Waals surface area contributed by atoms with Gasteiger partial charge in [0.15, 0.2) is 12.3 Å². The van der Waals surface area contributed by atoms with Gasteiger partial charge in [0.2, 0.25) is 0 Å². The molecule has 6 heterocycles. The van der Waals surface area contributed by atoms with Crippen LogP contribution in [-0.4, -0.2) is 32.3 Å². The zero-order valence-electron chi connectivity index (χ0n) is 56.8. The van der Waals surface area contributed by atoms with E-state index in [-0.39, 0.29) is 54.1 Å². The van der Waals surface area contributed by atoms with E-state index >= 15 is 0 Å². The highest BCUT2D eigenvalue weighted by Gasteiger charge is 2.53. The van der Waals surface area contributed by atoms with Crippen LogP contribution >= 0.6 is 0 Å². The van der Waals surface area contributed by atoms with E-state index in [1.807, 2.05) is 0 Å². The lowest BCUT2D eigenvalue weighted by atomic mass is 9.86. The lowest BCUT2D eigenvalue weighted by Crippen LogP contribution is -2.58. The number of fused-ring (bicyclic) bond motifs is 2. The largest absolute Gasteiger partial charge is 0.314 e. The molecule has 0 spiro atoms. The van der Waals surface area contributed by atoms with Gasteiger partial charge in [-0.15, -0.1) is 0 Å². The summed E-state index contributed by atoms with van der Waals surface area (Å²) in [7, 11) is 0. The maximum Gasteiger partial charge on any atom is 0.151 e. The zero-order chi connectivity index (χ0) is 61.6. The van der Waals surface area contributed by atoms with Gasteiger partial charge in [0.05, 0.1) is 22.7 Å². The molecule has 2 aliphatic rings. The van der Waals surface area contributed by atoms with E-state index in [1.54, 1.807) is 0 Å². The normalized spacial score (nSPS) is 17.0. The minimum atomic E-state index is -0.449. The van der Waals surface area contributed by atoms with Crippen LogP contribution in [0.2, 0.25) is 0 Å². The quantitative estimate of drug-likeness (QED) is 0.169. The number of nitrogens with zero attached hydrogens (tertiary/aromatic N) is 8. The van der Waals surface area contributed by atoms with E-state index in [0.717, 1.165) is 91.1 Å². The highest BCUT2D eigenvalue weighted by atomic mass is 15.5. The molecule has 2 aliphatic heterocycles. The van der Waals surface area contributed by atoms with Crippen molar-refractivity contribution in [1.82, 2.24) is 19.9 Å². The number of rotatable bonds is 5. The molecule has 6 aromatic rings. The first-order valence-electron chi connectivity index (χ1n) is 30.5. The number of hydrogen-bond acceptors (Lipinski definition) is 8. The topological polar surface area (TPSA) is 64.5 Å². The van der Waals surface area contributed by atoms with Crippen molar-refractivity contribution < 1.29 is 0 Å². The first-order chi connectivity index (χ1) is 37.0. The highest BCUT2D eigenvalue weighted by Crippen LogP contribution is 2.58. The van der Waals surface area contributed by atoms with Gasteiger partial charge in [-0.05, 0) is 94.8 Å². The van der Waals surface area contributed by atoms with E-state index in [4.69, 9.17) is 19.9 Å². The van der Waals surface area contributed by atoms with Crippen LogP contribution in [-0.2, 0) is 54.1 Å². The molecular formula is C74H106N8. The molecule has 0 bridgehead atoms. The summed E-state index contributed by atoms with van der Waals surface area (Å²) in [6.07, 6.45) is -0.897. The molecule has 442 valence electrons. The molecule has 8 rings (SSSR count). The van der Waals surface area contributed by atoms with E-state index in [9.17, 15) is 0 Å². The van der Waals surface area contributed by atoms with Crippen molar-refractivity contribution in [2.24, 2.45) is 0 Å². The first kappa shape index (κ1) is 62.3. The van der Waals surface area contributed by atoms with Crippen molar-refractivity contribution in [2.75, 3.05) is 19.6 Å². The van der Waals surface area contributed by atoms with E-state index in [1.165, 1.54) is 11.1 Å². The number of pyridine rings is 4. The summed E-state index contributed by atoms with van der Waals surface area (Å²) in [4.78, 5) is 33.1. The van der Waals surface area contributed by atoms with Gasteiger partial charge in [-0.25, -0.2) is 0 Å².